The Morgan fingerprint density at radius 3 is 2.44 bits per heavy atom. The standard InChI is InChI=1S/C19H21ClN2O2S/c1-2-3-12-21-18-19(23)22(13-25-18)15-6-10-17(11-7-15)24-16-8-4-14(20)5-9-16/h4-11,18,21H,2-3,12-13H2,1H3. The molecule has 1 atom stereocenters. The molecule has 1 aliphatic rings. The highest BCUT2D eigenvalue weighted by Gasteiger charge is 2.32. The minimum Gasteiger partial charge on any atom is -0.457 e. The van der Waals surface area contributed by atoms with Crippen LogP contribution in [0.4, 0.5) is 5.69 Å². The van der Waals surface area contributed by atoms with E-state index in [1.807, 2.05) is 36.4 Å². The van der Waals surface area contributed by atoms with Gasteiger partial charge in [0.1, 0.15) is 16.9 Å². The number of thioether (sulfide) groups is 1. The number of ether oxygens (including phenoxy) is 1. The molecule has 1 N–H and O–H groups in total. The zero-order chi connectivity index (χ0) is 17.6. The minimum atomic E-state index is -0.142. The van der Waals surface area contributed by atoms with Crippen molar-refractivity contribution >= 4 is 35.0 Å². The Kier molecular flexibility index (Phi) is 6.24. The molecule has 0 bridgehead atoms. The number of hydrogen-bond donors (Lipinski definition) is 1. The van der Waals surface area contributed by atoms with Crippen LogP contribution in [0.1, 0.15) is 19.8 Å². The van der Waals surface area contributed by atoms with Crippen LogP contribution < -0.4 is 15.0 Å². The van der Waals surface area contributed by atoms with Crippen LogP contribution in [0.5, 0.6) is 11.5 Å². The lowest BCUT2D eigenvalue weighted by molar-refractivity contribution is -0.117. The van der Waals surface area contributed by atoms with E-state index in [1.54, 1.807) is 28.8 Å². The molecule has 2 aromatic rings. The van der Waals surface area contributed by atoms with Crippen molar-refractivity contribution < 1.29 is 9.53 Å². The largest absolute Gasteiger partial charge is 0.457 e. The van der Waals surface area contributed by atoms with Gasteiger partial charge in [0.15, 0.2) is 0 Å². The number of carbonyl (C=O) groups is 1. The van der Waals surface area contributed by atoms with E-state index in [-0.39, 0.29) is 11.3 Å². The average molecular weight is 377 g/mol. The maximum Gasteiger partial charge on any atom is 0.255 e. The fraction of sp³-hybridized carbons (Fsp3) is 0.316. The molecule has 4 nitrogen and oxygen atoms in total. The molecule has 0 aliphatic carbocycles. The van der Waals surface area contributed by atoms with Crippen molar-refractivity contribution in [1.82, 2.24) is 5.32 Å². The third-order valence-electron chi connectivity index (χ3n) is 3.92. The van der Waals surface area contributed by atoms with Crippen LogP contribution in [0.15, 0.2) is 48.5 Å². The lowest BCUT2D eigenvalue weighted by Crippen LogP contribution is -2.37. The molecule has 132 valence electrons. The molecule has 1 amide bonds. The van der Waals surface area contributed by atoms with Gasteiger partial charge in [-0.1, -0.05) is 24.9 Å². The maximum absolute atomic E-state index is 12.5. The first-order valence-corrected chi connectivity index (χ1v) is 9.80. The van der Waals surface area contributed by atoms with Gasteiger partial charge >= 0.3 is 0 Å². The van der Waals surface area contributed by atoms with Gasteiger partial charge in [-0.15, -0.1) is 11.8 Å². The smallest absolute Gasteiger partial charge is 0.255 e. The van der Waals surface area contributed by atoms with Gasteiger partial charge < -0.3 is 9.64 Å². The van der Waals surface area contributed by atoms with Crippen molar-refractivity contribution in [1.29, 1.82) is 0 Å². The third kappa shape index (κ3) is 4.69. The quantitative estimate of drug-likeness (QED) is 0.699. The monoisotopic (exact) mass is 376 g/mol. The fourth-order valence-corrected chi connectivity index (χ4v) is 3.72. The highest BCUT2D eigenvalue weighted by molar-refractivity contribution is 8.01. The fourth-order valence-electron chi connectivity index (χ4n) is 2.52. The number of unbranched alkanes of at least 4 members (excludes halogenated alkanes) is 1. The lowest BCUT2D eigenvalue weighted by Gasteiger charge is -2.16. The van der Waals surface area contributed by atoms with Crippen molar-refractivity contribution in [2.24, 2.45) is 0 Å². The number of rotatable bonds is 7. The third-order valence-corrected chi connectivity index (χ3v) is 5.28. The molecule has 6 heteroatoms. The zero-order valence-electron chi connectivity index (χ0n) is 14.1. The van der Waals surface area contributed by atoms with Crippen molar-refractivity contribution in [3.05, 3.63) is 53.6 Å². The highest BCUT2D eigenvalue weighted by atomic mass is 35.5. The molecular formula is C19H21ClN2O2S. The van der Waals surface area contributed by atoms with Gasteiger partial charge in [0.05, 0.1) is 5.88 Å². The van der Waals surface area contributed by atoms with Crippen molar-refractivity contribution in [3.8, 4) is 11.5 Å². The van der Waals surface area contributed by atoms with Crippen LogP contribution in [0, 0.1) is 0 Å². The van der Waals surface area contributed by atoms with Crippen LogP contribution in [-0.2, 0) is 4.79 Å². The first-order chi connectivity index (χ1) is 12.2. The van der Waals surface area contributed by atoms with Gasteiger partial charge in [-0.2, -0.15) is 0 Å². The van der Waals surface area contributed by atoms with Crippen molar-refractivity contribution in [2.75, 3.05) is 17.3 Å². The summed E-state index contributed by atoms with van der Waals surface area (Å²) in [5.41, 5.74) is 0.890. The van der Waals surface area contributed by atoms with Crippen LogP contribution in [0.2, 0.25) is 5.02 Å². The van der Waals surface area contributed by atoms with Crippen LogP contribution in [0.25, 0.3) is 0 Å². The van der Waals surface area contributed by atoms with E-state index in [0.29, 0.717) is 10.9 Å². The van der Waals surface area contributed by atoms with E-state index >= 15 is 0 Å². The van der Waals surface area contributed by atoms with Crippen molar-refractivity contribution in [3.63, 3.8) is 0 Å². The summed E-state index contributed by atoms with van der Waals surface area (Å²) in [6, 6.07) is 14.8. The Bertz CT molecular complexity index is 706. The normalized spacial score (nSPS) is 17.1. The molecule has 3 rings (SSSR count). The second-order valence-corrected chi connectivity index (χ2v) is 7.30. The Hall–Kier alpha value is -1.69. The van der Waals surface area contributed by atoms with E-state index in [4.69, 9.17) is 16.3 Å². The summed E-state index contributed by atoms with van der Waals surface area (Å²) in [5.74, 6) is 2.24. The molecule has 25 heavy (non-hydrogen) atoms. The Balaban J connectivity index is 1.60. The molecule has 1 aliphatic heterocycles. The van der Waals surface area contributed by atoms with E-state index in [0.717, 1.165) is 36.6 Å². The number of nitrogens with zero attached hydrogens (tertiary/aromatic N) is 1. The summed E-state index contributed by atoms with van der Waals surface area (Å²) in [5, 5.41) is 3.85. The Labute approximate surface area is 157 Å². The molecule has 1 unspecified atom stereocenters. The number of amides is 1. The molecular weight excluding hydrogens is 356 g/mol. The predicted molar refractivity (Wildman–Crippen MR) is 105 cm³/mol. The summed E-state index contributed by atoms with van der Waals surface area (Å²) < 4.78 is 5.78. The highest BCUT2D eigenvalue weighted by Crippen LogP contribution is 2.30. The average Bonchev–Trinajstić information content (AvgIpc) is 2.99. The van der Waals surface area contributed by atoms with Gasteiger partial charge in [-0.05, 0) is 61.5 Å². The van der Waals surface area contributed by atoms with Gasteiger partial charge in [0, 0.05) is 10.7 Å². The molecule has 0 aromatic heterocycles. The molecule has 1 saturated heterocycles. The summed E-state index contributed by atoms with van der Waals surface area (Å²) >= 11 is 7.51. The van der Waals surface area contributed by atoms with Gasteiger partial charge in [-0.3, -0.25) is 10.1 Å². The van der Waals surface area contributed by atoms with Gasteiger partial charge in [-0.25, -0.2) is 0 Å². The number of halogens is 1. The van der Waals surface area contributed by atoms with Crippen LogP contribution in [-0.4, -0.2) is 23.7 Å². The summed E-state index contributed by atoms with van der Waals surface area (Å²) in [4.78, 5) is 14.3. The Morgan fingerprint density at radius 2 is 1.80 bits per heavy atom. The van der Waals surface area contributed by atoms with E-state index in [1.165, 1.54) is 0 Å². The topological polar surface area (TPSA) is 41.6 Å². The molecule has 1 heterocycles. The first-order valence-electron chi connectivity index (χ1n) is 8.37. The van der Waals surface area contributed by atoms with E-state index in [2.05, 4.69) is 12.2 Å². The first kappa shape index (κ1) is 18.1. The van der Waals surface area contributed by atoms with Crippen molar-refractivity contribution in [2.45, 2.75) is 25.1 Å². The molecule has 2 aromatic carbocycles. The van der Waals surface area contributed by atoms with E-state index < -0.39 is 0 Å². The molecule has 0 saturated carbocycles. The van der Waals surface area contributed by atoms with Gasteiger partial charge in [0.2, 0.25) is 0 Å². The summed E-state index contributed by atoms with van der Waals surface area (Å²) in [6.45, 7) is 3.02. The second kappa shape index (κ2) is 8.61. The number of benzene rings is 2. The molecule has 1 fully saturated rings. The van der Waals surface area contributed by atoms with Crippen LogP contribution >= 0.6 is 23.4 Å². The van der Waals surface area contributed by atoms with Crippen LogP contribution in [0.3, 0.4) is 0 Å². The van der Waals surface area contributed by atoms with Gasteiger partial charge in [0.25, 0.3) is 5.91 Å². The maximum atomic E-state index is 12.5. The number of carbonyl (C=O) groups excluding carboxylic acids is 1. The zero-order valence-corrected chi connectivity index (χ0v) is 15.6. The minimum absolute atomic E-state index is 0.118. The predicted octanol–water partition coefficient (Wildman–Crippen LogP) is 4.89. The molecule has 0 radical (unpaired) electrons. The summed E-state index contributed by atoms with van der Waals surface area (Å²) in [6.07, 6.45) is 2.21. The second-order valence-electron chi connectivity index (χ2n) is 5.80. The SMILES string of the molecule is CCCCNC1SCN(c2ccc(Oc3ccc(Cl)cc3)cc2)C1=O. The number of nitrogens with one attached hydrogen (secondary N) is 1. The number of hydrogen-bond acceptors (Lipinski definition) is 4. The number of anilines is 1. The van der Waals surface area contributed by atoms with E-state index in [9.17, 15) is 4.79 Å². The summed E-state index contributed by atoms with van der Waals surface area (Å²) in [7, 11) is 0. The Morgan fingerprint density at radius 1 is 1.16 bits per heavy atom. The molecule has 0 spiro atoms. The lowest BCUT2D eigenvalue weighted by atomic mass is 10.2.